The Labute approximate surface area is 210 Å². The van der Waals surface area contributed by atoms with Gasteiger partial charge in [0.2, 0.25) is 0 Å². The number of rotatable bonds is 6. The van der Waals surface area contributed by atoms with Crippen molar-refractivity contribution in [1.29, 1.82) is 0 Å². The van der Waals surface area contributed by atoms with Crippen LogP contribution in [-0.2, 0) is 9.47 Å². The SMILES string of the molecule is O=C(OCC1c2ccccc2-c2ccccc21)N1C2C=C(CCOc3ccc(F)cc3)CC1COC2. The smallest absolute Gasteiger partial charge is 0.410 e. The Hall–Kier alpha value is -3.64. The largest absolute Gasteiger partial charge is 0.493 e. The van der Waals surface area contributed by atoms with Gasteiger partial charge in [-0.25, -0.2) is 9.18 Å². The third-order valence-corrected chi connectivity index (χ3v) is 7.33. The highest BCUT2D eigenvalue weighted by molar-refractivity contribution is 5.79. The van der Waals surface area contributed by atoms with Crippen LogP contribution < -0.4 is 4.74 Å². The fourth-order valence-electron chi connectivity index (χ4n) is 5.65. The molecule has 2 atom stereocenters. The molecule has 36 heavy (non-hydrogen) atoms. The molecule has 3 aromatic carbocycles. The van der Waals surface area contributed by atoms with E-state index in [-0.39, 0.29) is 29.9 Å². The highest BCUT2D eigenvalue weighted by atomic mass is 19.1. The second-order valence-electron chi connectivity index (χ2n) is 9.55. The lowest BCUT2D eigenvalue weighted by molar-refractivity contribution is -0.0366. The lowest BCUT2D eigenvalue weighted by atomic mass is 9.93. The van der Waals surface area contributed by atoms with Crippen molar-refractivity contribution < 1.29 is 23.4 Å². The Morgan fingerprint density at radius 3 is 2.33 bits per heavy atom. The van der Waals surface area contributed by atoms with Crippen LogP contribution in [0.4, 0.5) is 9.18 Å². The fourth-order valence-corrected chi connectivity index (χ4v) is 5.65. The molecule has 2 unspecified atom stereocenters. The summed E-state index contributed by atoms with van der Waals surface area (Å²) in [6.07, 6.45) is 3.31. The van der Waals surface area contributed by atoms with E-state index in [1.165, 1.54) is 40.0 Å². The van der Waals surface area contributed by atoms with Crippen LogP contribution in [0.25, 0.3) is 11.1 Å². The molecule has 1 saturated heterocycles. The summed E-state index contributed by atoms with van der Waals surface area (Å²) < 4.78 is 30.6. The molecule has 1 fully saturated rings. The molecule has 5 nitrogen and oxygen atoms in total. The van der Waals surface area contributed by atoms with E-state index in [4.69, 9.17) is 14.2 Å². The van der Waals surface area contributed by atoms with Crippen molar-refractivity contribution in [3.05, 3.63) is 101 Å². The van der Waals surface area contributed by atoms with Crippen molar-refractivity contribution in [2.45, 2.75) is 30.8 Å². The molecule has 0 N–H and O–H groups in total. The van der Waals surface area contributed by atoms with Crippen molar-refractivity contribution in [1.82, 2.24) is 4.90 Å². The second-order valence-corrected chi connectivity index (χ2v) is 9.55. The van der Waals surface area contributed by atoms with E-state index in [1.807, 2.05) is 29.2 Å². The van der Waals surface area contributed by atoms with Crippen LogP contribution in [0.1, 0.15) is 29.9 Å². The van der Waals surface area contributed by atoms with E-state index in [0.29, 0.717) is 32.2 Å². The van der Waals surface area contributed by atoms with Crippen LogP contribution in [0.15, 0.2) is 84.4 Å². The first kappa shape index (κ1) is 22.8. The standard InChI is InChI=1S/C30H28FNO4/c31-21-9-11-24(12-10-21)35-14-13-20-15-22-17-34-18-23(16-20)32(22)30(33)36-19-29-27-7-3-1-5-25(27)26-6-2-4-8-28(26)29/h1-12,15,22-23,29H,13-14,16-19H2. The lowest BCUT2D eigenvalue weighted by Crippen LogP contribution is -2.56. The molecule has 2 aliphatic heterocycles. The third kappa shape index (κ3) is 4.37. The molecule has 1 amide bonds. The Morgan fingerprint density at radius 2 is 1.64 bits per heavy atom. The normalized spacial score (nSPS) is 20.4. The summed E-state index contributed by atoms with van der Waals surface area (Å²) in [5.74, 6) is 0.409. The van der Waals surface area contributed by atoms with E-state index in [9.17, 15) is 9.18 Å². The van der Waals surface area contributed by atoms with Gasteiger partial charge in [-0.3, -0.25) is 4.90 Å². The number of amides is 1. The van der Waals surface area contributed by atoms with Gasteiger partial charge in [0.15, 0.2) is 0 Å². The lowest BCUT2D eigenvalue weighted by Gasteiger charge is -2.44. The zero-order chi connectivity index (χ0) is 24.5. The van der Waals surface area contributed by atoms with Gasteiger partial charge in [-0.05, 0) is 52.9 Å². The van der Waals surface area contributed by atoms with Gasteiger partial charge >= 0.3 is 6.09 Å². The third-order valence-electron chi connectivity index (χ3n) is 7.33. The van der Waals surface area contributed by atoms with Gasteiger partial charge in [-0.1, -0.05) is 60.2 Å². The predicted octanol–water partition coefficient (Wildman–Crippen LogP) is 5.94. The number of carbonyl (C=O) groups is 1. The molecule has 0 saturated carbocycles. The van der Waals surface area contributed by atoms with E-state index >= 15 is 0 Å². The molecule has 0 spiro atoms. The molecular weight excluding hydrogens is 457 g/mol. The average Bonchev–Trinajstić information content (AvgIpc) is 3.21. The molecule has 0 aromatic heterocycles. The minimum atomic E-state index is -0.284. The Morgan fingerprint density at radius 1 is 0.944 bits per heavy atom. The maximum Gasteiger partial charge on any atom is 0.410 e. The van der Waals surface area contributed by atoms with Crippen molar-refractivity contribution in [3.8, 4) is 16.9 Å². The second kappa shape index (κ2) is 9.78. The number of hydrogen-bond donors (Lipinski definition) is 0. The van der Waals surface area contributed by atoms with Gasteiger partial charge in [0.25, 0.3) is 0 Å². The first-order valence-electron chi connectivity index (χ1n) is 12.5. The highest BCUT2D eigenvalue weighted by Gasteiger charge is 2.39. The number of carbonyl (C=O) groups excluding carboxylic acids is 1. The van der Waals surface area contributed by atoms with Crippen LogP contribution in [0.3, 0.4) is 0 Å². The van der Waals surface area contributed by atoms with Crippen molar-refractivity contribution >= 4 is 6.09 Å². The van der Waals surface area contributed by atoms with Gasteiger partial charge in [-0.2, -0.15) is 0 Å². The van der Waals surface area contributed by atoms with Crippen molar-refractivity contribution in [2.24, 2.45) is 0 Å². The maximum absolute atomic E-state index is 13.3. The fraction of sp³-hybridized carbons (Fsp3) is 0.300. The van der Waals surface area contributed by atoms with E-state index in [2.05, 4.69) is 30.3 Å². The number of benzene rings is 3. The van der Waals surface area contributed by atoms with Crippen LogP contribution in [0.5, 0.6) is 5.75 Å². The summed E-state index contributed by atoms with van der Waals surface area (Å²) in [7, 11) is 0. The van der Waals surface area contributed by atoms with E-state index in [1.54, 1.807) is 12.1 Å². The topological polar surface area (TPSA) is 48.0 Å². The minimum Gasteiger partial charge on any atom is -0.493 e. The van der Waals surface area contributed by atoms with Crippen LogP contribution in [0.2, 0.25) is 0 Å². The van der Waals surface area contributed by atoms with E-state index in [0.717, 1.165) is 12.8 Å². The number of hydrogen-bond acceptors (Lipinski definition) is 4. The molecule has 0 radical (unpaired) electrons. The van der Waals surface area contributed by atoms with Crippen LogP contribution in [-0.4, -0.2) is 49.5 Å². The molecule has 6 heteroatoms. The number of ether oxygens (including phenoxy) is 3. The van der Waals surface area contributed by atoms with Crippen molar-refractivity contribution in [2.75, 3.05) is 26.4 Å². The molecule has 3 aromatic rings. The van der Waals surface area contributed by atoms with Gasteiger partial charge in [0.05, 0.1) is 31.9 Å². The average molecular weight is 486 g/mol. The number of morpholine rings is 1. The quantitative estimate of drug-likeness (QED) is 0.405. The summed E-state index contributed by atoms with van der Waals surface area (Å²) in [6.45, 7) is 1.77. The molecule has 2 heterocycles. The monoisotopic (exact) mass is 485 g/mol. The first-order valence-corrected chi connectivity index (χ1v) is 12.5. The predicted molar refractivity (Wildman–Crippen MR) is 135 cm³/mol. The van der Waals surface area contributed by atoms with E-state index < -0.39 is 0 Å². The molecule has 3 aliphatic rings. The van der Waals surface area contributed by atoms with Gasteiger partial charge < -0.3 is 14.2 Å². The van der Waals surface area contributed by atoms with Gasteiger partial charge in [0.1, 0.15) is 18.2 Å². The number of fused-ring (bicyclic) bond motifs is 5. The van der Waals surface area contributed by atoms with Crippen molar-refractivity contribution in [3.63, 3.8) is 0 Å². The Balaban J connectivity index is 1.10. The Kier molecular flexibility index (Phi) is 6.20. The summed E-state index contributed by atoms with van der Waals surface area (Å²) in [4.78, 5) is 15.1. The summed E-state index contributed by atoms with van der Waals surface area (Å²) in [5.41, 5.74) is 6.09. The molecule has 2 bridgehead atoms. The molecule has 184 valence electrons. The first-order chi connectivity index (χ1) is 17.7. The number of halogens is 1. The number of nitrogens with zero attached hydrogens (tertiary/aromatic N) is 1. The highest BCUT2D eigenvalue weighted by Crippen LogP contribution is 2.44. The molecular formula is C30H28FNO4. The summed E-state index contributed by atoms with van der Waals surface area (Å²) in [5, 5.41) is 0. The summed E-state index contributed by atoms with van der Waals surface area (Å²) in [6, 6.07) is 22.5. The maximum atomic E-state index is 13.3. The summed E-state index contributed by atoms with van der Waals surface area (Å²) >= 11 is 0. The Bertz CT molecular complexity index is 1240. The molecule has 1 aliphatic carbocycles. The van der Waals surface area contributed by atoms with Gasteiger partial charge in [0, 0.05) is 12.3 Å². The zero-order valence-corrected chi connectivity index (χ0v) is 19.9. The van der Waals surface area contributed by atoms with Crippen LogP contribution >= 0.6 is 0 Å². The van der Waals surface area contributed by atoms with Gasteiger partial charge in [-0.15, -0.1) is 0 Å². The zero-order valence-electron chi connectivity index (χ0n) is 19.9. The minimum absolute atomic E-state index is 0.0388. The van der Waals surface area contributed by atoms with Crippen LogP contribution in [0, 0.1) is 5.82 Å². The molecule has 6 rings (SSSR count).